The number of aromatic nitrogens is 4. The number of furan rings is 1. The largest absolute Gasteiger partial charge is 0.444 e. The van der Waals surface area contributed by atoms with Crippen molar-refractivity contribution in [2.24, 2.45) is 0 Å². The number of rotatable bonds is 3. The van der Waals surface area contributed by atoms with Crippen molar-refractivity contribution in [2.75, 3.05) is 32.1 Å². The number of hydrogen-bond acceptors (Lipinski definition) is 6. The van der Waals surface area contributed by atoms with Crippen LogP contribution in [0.4, 0.5) is 5.82 Å². The van der Waals surface area contributed by atoms with Crippen LogP contribution in [0.15, 0.2) is 33.4 Å². The summed E-state index contributed by atoms with van der Waals surface area (Å²) in [7, 11) is 3.91. The van der Waals surface area contributed by atoms with Gasteiger partial charge in [0.2, 0.25) is 0 Å². The molecule has 0 bridgehead atoms. The number of fused-ring (bicyclic) bond motifs is 1. The van der Waals surface area contributed by atoms with Gasteiger partial charge in [-0.2, -0.15) is 4.52 Å². The predicted molar refractivity (Wildman–Crippen MR) is 99.4 cm³/mol. The molecule has 4 rings (SSSR count). The van der Waals surface area contributed by atoms with Gasteiger partial charge in [-0.25, -0.2) is 0 Å². The number of likely N-dealkylation sites (tertiary alicyclic amines) is 1. The van der Waals surface area contributed by atoms with Gasteiger partial charge in [-0.1, -0.05) is 0 Å². The first-order valence-corrected chi connectivity index (χ1v) is 9.26. The molecule has 26 heavy (non-hydrogen) atoms. The number of hydrogen-bond donors (Lipinski definition) is 0. The smallest absolute Gasteiger partial charge is 0.289 e. The summed E-state index contributed by atoms with van der Waals surface area (Å²) in [6.45, 7) is 1.31. The van der Waals surface area contributed by atoms with Crippen molar-refractivity contribution in [3.63, 3.8) is 0 Å². The van der Waals surface area contributed by atoms with E-state index in [0.717, 1.165) is 30.1 Å². The van der Waals surface area contributed by atoms with Crippen molar-refractivity contribution in [1.29, 1.82) is 0 Å². The lowest BCUT2D eigenvalue weighted by molar-refractivity contribution is 0.0677. The molecule has 0 atom stereocenters. The summed E-state index contributed by atoms with van der Waals surface area (Å²) in [4.78, 5) is 16.3. The second kappa shape index (κ2) is 6.71. The second-order valence-corrected chi connectivity index (χ2v) is 7.37. The first-order valence-electron chi connectivity index (χ1n) is 8.47. The van der Waals surface area contributed by atoms with E-state index in [9.17, 15) is 4.79 Å². The number of nitrogens with zero attached hydrogens (tertiary/aromatic N) is 6. The molecule has 1 saturated heterocycles. The lowest BCUT2D eigenvalue weighted by Crippen LogP contribution is -2.38. The molecule has 0 unspecified atom stereocenters. The van der Waals surface area contributed by atoms with Crippen molar-refractivity contribution < 1.29 is 9.21 Å². The highest BCUT2D eigenvalue weighted by atomic mass is 79.9. The Morgan fingerprint density at radius 3 is 2.62 bits per heavy atom. The Balaban J connectivity index is 1.50. The van der Waals surface area contributed by atoms with Gasteiger partial charge >= 0.3 is 0 Å². The van der Waals surface area contributed by atoms with Crippen LogP contribution in [-0.4, -0.2) is 57.8 Å². The van der Waals surface area contributed by atoms with E-state index in [2.05, 4.69) is 31.2 Å². The zero-order valence-electron chi connectivity index (χ0n) is 14.6. The number of anilines is 1. The number of halogens is 1. The van der Waals surface area contributed by atoms with Gasteiger partial charge in [0.05, 0.1) is 0 Å². The summed E-state index contributed by atoms with van der Waals surface area (Å²) in [6.07, 6.45) is 1.64. The van der Waals surface area contributed by atoms with E-state index >= 15 is 0 Å². The van der Waals surface area contributed by atoms with Crippen LogP contribution in [0.25, 0.3) is 5.65 Å². The van der Waals surface area contributed by atoms with Crippen molar-refractivity contribution in [3.8, 4) is 0 Å². The van der Waals surface area contributed by atoms with Crippen molar-refractivity contribution in [3.05, 3.63) is 40.5 Å². The fraction of sp³-hybridized carbons (Fsp3) is 0.412. The highest BCUT2D eigenvalue weighted by molar-refractivity contribution is 9.10. The number of carbonyl (C=O) groups is 1. The maximum Gasteiger partial charge on any atom is 0.289 e. The molecular formula is C17H19BrN6O2. The Hall–Kier alpha value is -2.42. The highest BCUT2D eigenvalue weighted by Gasteiger charge is 2.29. The number of carbonyl (C=O) groups excluding carboxylic acids is 1. The third-order valence-corrected chi connectivity index (χ3v) is 5.09. The van der Waals surface area contributed by atoms with Crippen LogP contribution in [0.3, 0.4) is 0 Å². The fourth-order valence-corrected chi connectivity index (χ4v) is 3.52. The third-order valence-electron chi connectivity index (χ3n) is 4.66. The Bertz CT molecular complexity index is 942. The topological polar surface area (TPSA) is 79.8 Å². The Morgan fingerprint density at radius 2 is 1.96 bits per heavy atom. The van der Waals surface area contributed by atoms with Gasteiger partial charge in [0.15, 0.2) is 21.9 Å². The molecule has 1 amide bonds. The molecule has 0 aliphatic carbocycles. The zero-order valence-corrected chi connectivity index (χ0v) is 16.2. The normalized spacial score (nSPS) is 15.6. The van der Waals surface area contributed by atoms with Gasteiger partial charge < -0.3 is 14.2 Å². The van der Waals surface area contributed by atoms with Crippen LogP contribution in [0.1, 0.15) is 35.1 Å². The van der Waals surface area contributed by atoms with Gasteiger partial charge in [-0.15, -0.1) is 15.3 Å². The first kappa shape index (κ1) is 17.0. The van der Waals surface area contributed by atoms with E-state index in [1.165, 1.54) is 0 Å². The zero-order chi connectivity index (χ0) is 18.3. The molecule has 1 aliphatic rings. The minimum Gasteiger partial charge on any atom is -0.444 e. The molecule has 4 heterocycles. The van der Waals surface area contributed by atoms with E-state index in [4.69, 9.17) is 4.42 Å². The lowest BCUT2D eigenvalue weighted by atomic mass is 9.96. The second-order valence-electron chi connectivity index (χ2n) is 6.58. The molecule has 0 N–H and O–H groups in total. The van der Waals surface area contributed by atoms with Gasteiger partial charge in [0.25, 0.3) is 5.91 Å². The predicted octanol–water partition coefficient (Wildman–Crippen LogP) is 2.57. The summed E-state index contributed by atoms with van der Waals surface area (Å²) in [5.74, 6) is 2.22. The molecule has 1 fully saturated rings. The standard InChI is InChI=1S/C17H19BrN6O2/c1-22(2)15-6-5-14-19-20-16(24(14)21-15)11-7-9-23(10-8-11)17(25)12-3-4-13(18)26-12/h3-6,11H,7-10H2,1-2H3. The quantitative estimate of drug-likeness (QED) is 0.650. The molecule has 3 aromatic heterocycles. The van der Waals surface area contributed by atoms with Gasteiger partial charge in [-0.3, -0.25) is 4.79 Å². The maximum atomic E-state index is 12.5. The molecule has 8 nitrogen and oxygen atoms in total. The minimum atomic E-state index is -0.0757. The van der Waals surface area contributed by atoms with Crippen molar-refractivity contribution in [2.45, 2.75) is 18.8 Å². The maximum absolute atomic E-state index is 12.5. The molecule has 0 saturated carbocycles. The third kappa shape index (κ3) is 3.07. The van der Waals surface area contributed by atoms with Crippen LogP contribution in [-0.2, 0) is 0 Å². The Morgan fingerprint density at radius 1 is 1.19 bits per heavy atom. The molecule has 0 radical (unpaired) electrons. The average Bonchev–Trinajstić information content (AvgIpc) is 3.27. The Kier molecular flexibility index (Phi) is 4.39. The minimum absolute atomic E-state index is 0.0757. The van der Waals surface area contributed by atoms with Crippen LogP contribution in [0, 0.1) is 0 Å². The molecule has 0 spiro atoms. The lowest BCUT2D eigenvalue weighted by Gasteiger charge is -2.30. The first-order chi connectivity index (χ1) is 12.5. The average molecular weight is 419 g/mol. The molecular weight excluding hydrogens is 400 g/mol. The van der Waals surface area contributed by atoms with E-state index in [1.807, 2.05) is 40.5 Å². The molecule has 1 aliphatic heterocycles. The summed E-state index contributed by atoms with van der Waals surface area (Å²) >= 11 is 3.23. The summed E-state index contributed by atoms with van der Waals surface area (Å²) in [5, 5.41) is 13.2. The van der Waals surface area contributed by atoms with E-state index in [0.29, 0.717) is 23.5 Å². The fourth-order valence-electron chi connectivity index (χ4n) is 3.21. The summed E-state index contributed by atoms with van der Waals surface area (Å²) in [6, 6.07) is 7.27. The van der Waals surface area contributed by atoms with Gasteiger partial charge in [-0.05, 0) is 53.0 Å². The van der Waals surface area contributed by atoms with E-state index < -0.39 is 0 Å². The summed E-state index contributed by atoms with van der Waals surface area (Å²) < 4.78 is 7.76. The molecule has 136 valence electrons. The molecule has 3 aromatic rings. The van der Waals surface area contributed by atoms with E-state index in [1.54, 1.807) is 12.1 Å². The van der Waals surface area contributed by atoms with Crippen molar-refractivity contribution in [1.82, 2.24) is 24.7 Å². The number of amides is 1. The van der Waals surface area contributed by atoms with Crippen LogP contribution in [0.5, 0.6) is 0 Å². The molecule has 0 aromatic carbocycles. The SMILES string of the molecule is CN(C)c1ccc2nnc(C3CCN(C(=O)c4ccc(Br)o4)CC3)n2n1. The van der Waals surface area contributed by atoms with Crippen LogP contribution < -0.4 is 4.90 Å². The highest BCUT2D eigenvalue weighted by Crippen LogP contribution is 2.28. The number of piperidine rings is 1. The van der Waals surface area contributed by atoms with Crippen LogP contribution in [0.2, 0.25) is 0 Å². The summed E-state index contributed by atoms with van der Waals surface area (Å²) in [5.41, 5.74) is 0.740. The monoisotopic (exact) mass is 418 g/mol. The van der Waals surface area contributed by atoms with Crippen LogP contribution >= 0.6 is 15.9 Å². The van der Waals surface area contributed by atoms with E-state index in [-0.39, 0.29) is 11.8 Å². The van der Waals surface area contributed by atoms with Gasteiger partial charge in [0.1, 0.15) is 5.82 Å². The molecule has 9 heteroatoms. The Labute approximate surface area is 158 Å². The van der Waals surface area contributed by atoms with Crippen molar-refractivity contribution >= 4 is 33.3 Å². The van der Waals surface area contributed by atoms with Gasteiger partial charge in [0, 0.05) is 33.1 Å².